The number of H-pyrrole nitrogens is 1. The lowest BCUT2D eigenvalue weighted by Gasteiger charge is -2.31. The number of aromatic nitrogens is 1. The van der Waals surface area contributed by atoms with Gasteiger partial charge in [-0.15, -0.1) is 0 Å². The first-order valence-corrected chi connectivity index (χ1v) is 8.17. The van der Waals surface area contributed by atoms with E-state index in [9.17, 15) is 14.7 Å². The van der Waals surface area contributed by atoms with Crippen molar-refractivity contribution >= 4 is 16.8 Å². The van der Waals surface area contributed by atoms with Gasteiger partial charge in [0.25, 0.3) is 5.56 Å². The molecule has 122 valence electrons. The number of carbonyl (C=O) groups is 1. The van der Waals surface area contributed by atoms with Crippen molar-refractivity contribution in [1.29, 1.82) is 0 Å². The Morgan fingerprint density at radius 1 is 1.35 bits per heavy atom. The topological polar surface area (TPSA) is 73.4 Å². The molecule has 0 bridgehead atoms. The summed E-state index contributed by atoms with van der Waals surface area (Å²) in [6.45, 7) is 1.51. The fourth-order valence-corrected chi connectivity index (χ4v) is 3.22. The Morgan fingerprint density at radius 2 is 2.17 bits per heavy atom. The third-order valence-electron chi connectivity index (χ3n) is 4.57. The zero-order valence-electron chi connectivity index (χ0n) is 13.1. The number of aryl methyl sites for hydroxylation is 1. The van der Waals surface area contributed by atoms with Crippen molar-refractivity contribution in [1.82, 2.24) is 9.88 Å². The van der Waals surface area contributed by atoms with Crippen LogP contribution >= 0.6 is 0 Å². The van der Waals surface area contributed by atoms with E-state index in [0.717, 1.165) is 30.3 Å². The predicted octanol–water partition coefficient (Wildman–Crippen LogP) is 1.69. The number of pyridine rings is 1. The van der Waals surface area contributed by atoms with Crippen LogP contribution < -0.4 is 5.56 Å². The average Bonchev–Trinajstić information content (AvgIpc) is 2.59. The Bertz CT molecular complexity index is 753. The molecule has 1 aromatic heterocycles. The molecule has 1 amide bonds. The second-order valence-corrected chi connectivity index (χ2v) is 6.24. The van der Waals surface area contributed by atoms with Crippen LogP contribution in [-0.2, 0) is 11.2 Å². The van der Waals surface area contributed by atoms with Crippen molar-refractivity contribution in [3.05, 3.63) is 46.2 Å². The molecule has 5 nitrogen and oxygen atoms in total. The van der Waals surface area contributed by atoms with Gasteiger partial charge in [0, 0.05) is 37.2 Å². The summed E-state index contributed by atoms with van der Waals surface area (Å²) in [5.74, 6) is 0.257. The summed E-state index contributed by atoms with van der Waals surface area (Å²) >= 11 is 0. The molecule has 1 fully saturated rings. The molecule has 0 radical (unpaired) electrons. The minimum absolute atomic E-state index is 0.0655. The van der Waals surface area contributed by atoms with Crippen LogP contribution in [0.1, 0.15) is 24.8 Å². The molecule has 1 aliphatic heterocycles. The molecule has 1 saturated heterocycles. The molecule has 2 heterocycles. The zero-order chi connectivity index (χ0) is 16.2. The Kier molecular flexibility index (Phi) is 4.76. The molecule has 2 aromatic rings. The summed E-state index contributed by atoms with van der Waals surface area (Å²) in [4.78, 5) is 29.1. The molecular formula is C18H22N2O3. The maximum absolute atomic E-state index is 12.3. The molecule has 1 aliphatic rings. The summed E-state index contributed by atoms with van der Waals surface area (Å²) in [5, 5.41) is 10.2. The van der Waals surface area contributed by atoms with Crippen LogP contribution in [0.3, 0.4) is 0 Å². The van der Waals surface area contributed by atoms with E-state index < -0.39 is 0 Å². The maximum Gasteiger partial charge on any atom is 0.251 e. The smallest absolute Gasteiger partial charge is 0.251 e. The van der Waals surface area contributed by atoms with Gasteiger partial charge in [0.05, 0.1) is 0 Å². The molecule has 1 aromatic carbocycles. The Morgan fingerprint density at radius 3 is 3.00 bits per heavy atom. The van der Waals surface area contributed by atoms with E-state index >= 15 is 0 Å². The fraction of sp³-hybridized carbons (Fsp3) is 0.444. The summed E-state index contributed by atoms with van der Waals surface area (Å²) in [7, 11) is 0. The Hall–Kier alpha value is -2.14. The number of nitrogens with zero attached hydrogens (tertiary/aromatic N) is 1. The van der Waals surface area contributed by atoms with Crippen molar-refractivity contribution in [3.8, 4) is 0 Å². The fourth-order valence-electron chi connectivity index (χ4n) is 3.22. The van der Waals surface area contributed by atoms with Crippen LogP contribution in [0.15, 0.2) is 35.1 Å². The molecule has 0 aliphatic carbocycles. The number of hydrogen-bond acceptors (Lipinski definition) is 3. The molecule has 23 heavy (non-hydrogen) atoms. The Balaban J connectivity index is 1.67. The van der Waals surface area contributed by atoms with Crippen LogP contribution in [-0.4, -0.2) is 40.6 Å². The van der Waals surface area contributed by atoms with Crippen LogP contribution in [0.4, 0.5) is 0 Å². The number of aliphatic hydroxyl groups excluding tert-OH is 1. The van der Waals surface area contributed by atoms with E-state index in [0.29, 0.717) is 24.9 Å². The number of para-hydroxylation sites is 1. The Labute approximate surface area is 134 Å². The predicted molar refractivity (Wildman–Crippen MR) is 89.3 cm³/mol. The van der Waals surface area contributed by atoms with E-state index in [1.165, 1.54) is 0 Å². The number of carbonyl (C=O) groups excluding carboxylic acids is 1. The van der Waals surface area contributed by atoms with Crippen LogP contribution in [0, 0.1) is 5.92 Å². The monoisotopic (exact) mass is 314 g/mol. The molecule has 2 N–H and O–H groups in total. The van der Waals surface area contributed by atoms with Gasteiger partial charge in [-0.3, -0.25) is 9.59 Å². The van der Waals surface area contributed by atoms with Crippen LogP contribution in [0.2, 0.25) is 0 Å². The third kappa shape index (κ3) is 3.62. The molecule has 0 saturated carbocycles. The van der Waals surface area contributed by atoms with Gasteiger partial charge in [-0.05, 0) is 42.7 Å². The lowest BCUT2D eigenvalue weighted by molar-refractivity contribution is -0.133. The number of piperidine rings is 1. The minimum Gasteiger partial charge on any atom is -0.396 e. The van der Waals surface area contributed by atoms with Gasteiger partial charge >= 0.3 is 0 Å². The first-order chi connectivity index (χ1) is 11.2. The number of nitrogens with one attached hydrogen (secondary N) is 1. The second kappa shape index (κ2) is 6.96. The SMILES string of the molecule is O=C(CCc1cc2ccccc2[nH]c1=O)N1CCCC(CO)C1. The number of likely N-dealkylation sites (tertiary alicyclic amines) is 1. The largest absolute Gasteiger partial charge is 0.396 e. The molecular weight excluding hydrogens is 292 g/mol. The number of benzene rings is 1. The lowest BCUT2D eigenvalue weighted by atomic mass is 9.98. The highest BCUT2D eigenvalue weighted by Crippen LogP contribution is 2.17. The number of hydrogen-bond donors (Lipinski definition) is 2. The highest BCUT2D eigenvalue weighted by Gasteiger charge is 2.22. The molecule has 1 unspecified atom stereocenters. The first-order valence-electron chi connectivity index (χ1n) is 8.17. The number of aliphatic hydroxyl groups is 1. The maximum atomic E-state index is 12.3. The normalized spacial score (nSPS) is 18.3. The first kappa shape index (κ1) is 15.7. The molecule has 1 atom stereocenters. The number of aromatic amines is 1. The van der Waals surface area contributed by atoms with Crippen molar-refractivity contribution in [3.63, 3.8) is 0 Å². The number of rotatable bonds is 4. The molecule has 0 spiro atoms. The zero-order valence-corrected chi connectivity index (χ0v) is 13.1. The van der Waals surface area contributed by atoms with Gasteiger partial charge in [0.1, 0.15) is 0 Å². The van der Waals surface area contributed by atoms with E-state index in [1.54, 1.807) is 0 Å². The van der Waals surface area contributed by atoms with E-state index in [4.69, 9.17) is 0 Å². The summed E-state index contributed by atoms with van der Waals surface area (Å²) < 4.78 is 0. The van der Waals surface area contributed by atoms with E-state index in [-0.39, 0.29) is 24.0 Å². The molecule has 5 heteroatoms. The van der Waals surface area contributed by atoms with Crippen molar-refractivity contribution in [2.75, 3.05) is 19.7 Å². The van der Waals surface area contributed by atoms with Gasteiger partial charge in [-0.25, -0.2) is 0 Å². The van der Waals surface area contributed by atoms with Crippen LogP contribution in [0.25, 0.3) is 10.9 Å². The summed E-state index contributed by atoms with van der Waals surface area (Å²) in [6, 6.07) is 9.50. The third-order valence-corrected chi connectivity index (χ3v) is 4.57. The van der Waals surface area contributed by atoms with Gasteiger partial charge in [-0.1, -0.05) is 18.2 Å². The standard InChI is InChI=1S/C18H22N2O3/c21-12-13-4-3-9-20(11-13)17(22)8-7-15-10-14-5-1-2-6-16(14)19-18(15)23/h1-2,5-6,10,13,21H,3-4,7-9,11-12H2,(H,19,23). The minimum atomic E-state index is -0.122. The van der Waals surface area contributed by atoms with E-state index in [2.05, 4.69) is 4.98 Å². The van der Waals surface area contributed by atoms with Crippen molar-refractivity contribution < 1.29 is 9.90 Å². The van der Waals surface area contributed by atoms with Crippen molar-refractivity contribution in [2.24, 2.45) is 5.92 Å². The summed E-state index contributed by atoms with van der Waals surface area (Å²) in [5.41, 5.74) is 1.34. The van der Waals surface area contributed by atoms with Gasteiger partial charge < -0.3 is 15.0 Å². The second-order valence-electron chi connectivity index (χ2n) is 6.24. The highest BCUT2D eigenvalue weighted by atomic mass is 16.3. The van der Waals surface area contributed by atoms with E-state index in [1.807, 2.05) is 35.2 Å². The van der Waals surface area contributed by atoms with Gasteiger partial charge in [0.15, 0.2) is 0 Å². The van der Waals surface area contributed by atoms with Gasteiger partial charge in [0.2, 0.25) is 5.91 Å². The summed E-state index contributed by atoms with van der Waals surface area (Å²) in [6.07, 6.45) is 2.69. The number of fused-ring (bicyclic) bond motifs is 1. The number of amides is 1. The highest BCUT2D eigenvalue weighted by molar-refractivity contribution is 5.79. The van der Waals surface area contributed by atoms with Gasteiger partial charge in [-0.2, -0.15) is 0 Å². The van der Waals surface area contributed by atoms with Crippen LogP contribution in [0.5, 0.6) is 0 Å². The quantitative estimate of drug-likeness (QED) is 0.902. The lowest BCUT2D eigenvalue weighted by Crippen LogP contribution is -2.41. The van der Waals surface area contributed by atoms with Crippen molar-refractivity contribution in [2.45, 2.75) is 25.7 Å². The average molecular weight is 314 g/mol. The molecule has 3 rings (SSSR count).